The predicted octanol–water partition coefficient (Wildman–Crippen LogP) is 4.56. The molecular weight excluding hydrogens is 983 g/mol. The molecule has 4 N–H and O–H groups in total. The zero-order valence-corrected chi connectivity index (χ0v) is 43.6. The van der Waals surface area contributed by atoms with Crippen molar-refractivity contribution in [3.63, 3.8) is 0 Å². The largest absolute Gasteiger partial charge is 0.495 e. The number of fused-ring (bicyclic) bond motifs is 4. The lowest BCUT2D eigenvalue weighted by atomic mass is 9.84. The Morgan fingerprint density at radius 3 is 1.60 bits per heavy atom. The van der Waals surface area contributed by atoms with Crippen molar-refractivity contribution in [2.45, 2.75) is 138 Å². The van der Waals surface area contributed by atoms with Gasteiger partial charge in [-0.25, -0.2) is 21.6 Å². The predicted molar refractivity (Wildman–Crippen MR) is 267 cm³/mol. The number of para-hydroxylation sites is 2. The van der Waals surface area contributed by atoms with E-state index in [1.807, 2.05) is 24.3 Å². The first-order chi connectivity index (χ1) is 34.7. The molecule has 5 amide bonds. The van der Waals surface area contributed by atoms with Crippen LogP contribution >= 0.6 is 0 Å². The van der Waals surface area contributed by atoms with Crippen LogP contribution in [0.25, 0.3) is 0 Å². The third-order valence-electron chi connectivity index (χ3n) is 16.4. The van der Waals surface area contributed by atoms with Crippen molar-refractivity contribution in [2.75, 3.05) is 39.6 Å². The minimum absolute atomic E-state index is 0.0983. The number of aliphatic hydroxyl groups excluding tert-OH is 1. The molecule has 6 saturated carbocycles. The van der Waals surface area contributed by atoms with E-state index in [-0.39, 0.29) is 73.7 Å². The van der Waals surface area contributed by atoms with E-state index in [1.54, 1.807) is 48.2 Å². The summed E-state index contributed by atoms with van der Waals surface area (Å²) in [6, 6.07) is 6.88. The summed E-state index contributed by atoms with van der Waals surface area (Å²) in [6.07, 6.45) is 14.0. The Labute approximate surface area is 428 Å². The Morgan fingerprint density at radius 2 is 1.11 bits per heavy atom. The number of nitrogens with one attached hydrogen (secondary N) is 3. The summed E-state index contributed by atoms with van der Waals surface area (Å²) in [7, 11) is -2.56. The van der Waals surface area contributed by atoms with Crippen molar-refractivity contribution in [1.82, 2.24) is 19.2 Å². The highest BCUT2D eigenvalue weighted by atomic mass is 32.2. The number of Topliss-reactive ketones (excluding diaryl/α,β-unsaturated/α-hetero) is 2. The SMILES string of the molecule is CN1CCCC/C=C\[C@@H]2C[C@@]2(C(=O)NS(=O)(=O)C2CC2)CC(=O)[C@@H]2C[C@@H](O)C[C@H]2C1=O.COc1ccccc1NC(=O)O[C@@H]1C[C@H]2C(=O)C[C@]3(C(=O)NS(=O)(=O)C4CC4)C[C@H]3/C=C\CCCCN(C)C(=O)[C@@H]2C1. The number of ketones is 2. The van der Waals surface area contributed by atoms with Crippen LogP contribution in [0.4, 0.5) is 10.5 Å². The van der Waals surface area contributed by atoms with E-state index in [1.165, 1.54) is 7.11 Å². The van der Waals surface area contributed by atoms with Gasteiger partial charge in [-0.3, -0.25) is 43.5 Å². The first kappa shape index (κ1) is 54.1. The summed E-state index contributed by atoms with van der Waals surface area (Å²) in [4.78, 5) is 96.2. The molecule has 1 aromatic rings. The smallest absolute Gasteiger partial charge is 0.412 e. The number of methoxy groups -OCH3 is 1. The number of sulfonamides is 2. The zero-order chi connectivity index (χ0) is 52.5. The fraction of sp³-hybridized carbons (Fsp3) is 0.673. The maximum atomic E-state index is 13.9. The molecular formula is C52H71N5O14S2. The summed E-state index contributed by atoms with van der Waals surface area (Å²) in [5, 5.41) is 11.8. The summed E-state index contributed by atoms with van der Waals surface area (Å²) in [5.41, 5.74) is -1.82. The van der Waals surface area contributed by atoms with Crippen molar-refractivity contribution in [3.8, 4) is 5.75 Å². The fourth-order valence-electron chi connectivity index (χ4n) is 11.5. The molecule has 0 spiro atoms. The van der Waals surface area contributed by atoms with E-state index >= 15 is 0 Å². The summed E-state index contributed by atoms with van der Waals surface area (Å²) < 4.78 is 65.3. The minimum Gasteiger partial charge on any atom is -0.495 e. The van der Waals surface area contributed by atoms with Gasteiger partial charge in [0.05, 0.1) is 52.1 Å². The second-order valence-corrected chi connectivity index (χ2v) is 25.7. The summed E-state index contributed by atoms with van der Waals surface area (Å²) in [6.45, 7) is 1.15. The number of hydrogen-bond acceptors (Lipinski definition) is 14. The molecule has 73 heavy (non-hydrogen) atoms. The molecule has 0 bridgehead atoms. The Hall–Kier alpha value is -5.15. The third-order valence-corrected chi connectivity index (χ3v) is 20.0. The molecule has 0 aromatic heterocycles. The lowest BCUT2D eigenvalue weighted by molar-refractivity contribution is -0.140. The first-order valence-electron chi connectivity index (χ1n) is 26.0. The fourth-order valence-corrected chi connectivity index (χ4v) is 14.2. The first-order valence-corrected chi connectivity index (χ1v) is 29.1. The maximum Gasteiger partial charge on any atom is 0.412 e. The van der Waals surface area contributed by atoms with Gasteiger partial charge in [-0.1, -0.05) is 36.4 Å². The lowest BCUT2D eigenvalue weighted by Gasteiger charge is -2.26. The Bertz CT molecular complexity index is 2620. The molecule has 1 aromatic carbocycles. The van der Waals surface area contributed by atoms with Gasteiger partial charge in [-0.15, -0.1) is 0 Å². The molecule has 0 saturated heterocycles. The van der Waals surface area contributed by atoms with Crippen LogP contribution in [0, 0.1) is 46.3 Å². The molecule has 2 heterocycles. The Morgan fingerprint density at radius 1 is 0.658 bits per heavy atom. The van der Waals surface area contributed by atoms with Gasteiger partial charge >= 0.3 is 6.09 Å². The van der Waals surface area contributed by atoms with E-state index in [0.717, 1.165) is 38.5 Å². The monoisotopic (exact) mass is 1050 g/mol. The number of hydrogen-bond donors (Lipinski definition) is 4. The van der Waals surface area contributed by atoms with Crippen LogP contribution in [0.15, 0.2) is 48.6 Å². The number of aliphatic hydroxyl groups is 1. The molecule has 6 aliphatic carbocycles. The number of carbonyl (C=O) groups is 7. The number of rotatable bonds is 9. The van der Waals surface area contributed by atoms with Crippen LogP contribution in [-0.4, -0.2) is 130 Å². The van der Waals surface area contributed by atoms with Crippen LogP contribution in [0.1, 0.15) is 116 Å². The van der Waals surface area contributed by atoms with Crippen LogP contribution in [0.3, 0.4) is 0 Å². The molecule has 2 aliphatic heterocycles. The third kappa shape index (κ3) is 12.5. The molecule has 0 unspecified atom stereocenters. The Kier molecular flexibility index (Phi) is 16.3. The topological polar surface area (TPSA) is 269 Å². The molecule has 10 atom stereocenters. The molecule has 400 valence electrons. The van der Waals surface area contributed by atoms with Gasteiger partial charge in [0.15, 0.2) is 0 Å². The average Bonchev–Trinajstić information content (AvgIpc) is 4.17. The number of anilines is 1. The second-order valence-electron chi connectivity index (χ2n) is 21.8. The molecule has 19 nitrogen and oxygen atoms in total. The van der Waals surface area contributed by atoms with E-state index < -0.39 is 95.2 Å². The van der Waals surface area contributed by atoms with Gasteiger partial charge < -0.3 is 24.4 Å². The Balaban J connectivity index is 0.000000204. The van der Waals surface area contributed by atoms with Crippen LogP contribution in [0.2, 0.25) is 0 Å². The highest BCUT2D eigenvalue weighted by Gasteiger charge is 2.63. The minimum atomic E-state index is -3.78. The lowest BCUT2D eigenvalue weighted by Crippen LogP contribution is -2.42. The standard InChI is InChI=1S/C30H39N3O8S.C22H32N2O6S/c1-33-14-8-4-3-5-9-19-17-30(19,28(36)32-42(38,39)21-12-13-21)18-25(34)22-15-20(16-23(22)27(33)35)41-29(37)31-24-10-6-7-11-26(24)40-2;1-24-9-5-3-2-4-6-14-12-22(14,21(28)23-31(29,30)16-7-8-16)13-19(26)17-10-15(25)11-18(17)20(24)27/h5-7,9-11,19-23H,3-4,8,12-18H2,1-2H3,(H,31,37)(H,32,36);4,6,14-18,25H,2-3,5,7-13H2,1H3,(H,23,28)/b9-5-;6-4-/t19-,20-,22-,23-,30-;14-,15-,17-,18-,22-/m11/s1. The highest BCUT2D eigenvalue weighted by molar-refractivity contribution is 7.91. The van der Waals surface area contributed by atoms with Crippen molar-refractivity contribution in [3.05, 3.63) is 48.6 Å². The molecule has 9 rings (SSSR count). The average molecular weight is 1050 g/mol. The highest BCUT2D eigenvalue weighted by Crippen LogP contribution is 2.59. The molecule has 8 aliphatic rings. The summed E-state index contributed by atoms with van der Waals surface area (Å²) in [5.74, 6) is -4.77. The normalized spacial score (nSPS) is 33.9. The van der Waals surface area contributed by atoms with Gasteiger partial charge in [0.2, 0.25) is 43.7 Å². The van der Waals surface area contributed by atoms with E-state index in [2.05, 4.69) is 14.8 Å². The molecule has 0 radical (unpaired) electrons. The van der Waals surface area contributed by atoms with Gasteiger partial charge in [0.1, 0.15) is 23.4 Å². The summed E-state index contributed by atoms with van der Waals surface area (Å²) >= 11 is 0. The van der Waals surface area contributed by atoms with Crippen LogP contribution in [0.5, 0.6) is 5.75 Å². The van der Waals surface area contributed by atoms with Crippen molar-refractivity contribution < 1.29 is 65.0 Å². The maximum absolute atomic E-state index is 13.9. The van der Waals surface area contributed by atoms with Crippen molar-refractivity contribution >= 4 is 67.0 Å². The molecule has 21 heteroatoms. The number of ether oxygens (including phenoxy) is 2. The quantitative estimate of drug-likeness (QED) is 0.247. The zero-order valence-electron chi connectivity index (χ0n) is 42.0. The number of carbonyl (C=O) groups excluding carboxylic acids is 7. The number of allylic oxidation sites excluding steroid dienone is 4. The van der Waals surface area contributed by atoms with Crippen LogP contribution < -0.4 is 19.5 Å². The van der Waals surface area contributed by atoms with E-state index in [9.17, 15) is 55.5 Å². The van der Waals surface area contributed by atoms with Crippen molar-refractivity contribution in [2.24, 2.45) is 46.3 Å². The number of nitrogens with zero attached hydrogens (tertiary/aromatic N) is 2. The van der Waals surface area contributed by atoms with Gasteiger partial charge in [0.25, 0.3) is 0 Å². The van der Waals surface area contributed by atoms with Gasteiger partial charge in [-0.2, -0.15) is 0 Å². The van der Waals surface area contributed by atoms with Gasteiger partial charge in [0, 0.05) is 51.9 Å². The van der Waals surface area contributed by atoms with Gasteiger partial charge in [-0.05, 0) is 127 Å². The van der Waals surface area contributed by atoms with E-state index in [0.29, 0.717) is 63.1 Å². The molecule has 6 fully saturated rings. The van der Waals surface area contributed by atoms with E-state index in [4.69, 9.17) is 9.47 Å². The number of amides is 5. The van der Waals surface area contributed by atoms with Crippen molar-refractivity contribution in [1.29, 1.82) is 0 Å². The second kappa shape index (κ2) is 22.0. The number of benzene rings is 1. The van der Waals surface area contributed by atoms with Crippen LogP contribution in [-0.2, 0) is 53.6 Å².